The van der Waals surface area contributed by atoms with Gasteiger partial charge < -0.3 is 10.2 Å². The first-order valence-electron chi connectivity index (χ1n) is 7.44. The number of allylic oxidation sites excluding steroid dienone is 5. The van der Waals surface area contributed by atoms with Gasteiger partial charge in [0.1, 0.15) is 0 Å². The monoisotopic (exact) mass is 318 g/mol. The summed E-state index contributed by atoms with van der Waals surface area (Å²) in [6.45, 7) is 7.22. The molecule has 122 valence electrons. The minimum Gasteiger partial charge on any atom is -0.504 e. The molecule has 0 aliphatic rings. The number of rotatable bonds is 7. The summed E-state index contributed by atoms with van der Waals surface area (Å²) in [5.74, 6) is -0.872. The Morgan fingerprint density at radius 2 is 1.96 bits per heavy atom. The van der Waals surface area contributed by atoms with E-state index in [1.807, 2.05) is 6.92 Å². The molecule has 0 aliphatic heterocycles. The molecule has 1 aromatic carbocycles. The minimum atomic E-state index is -2.72. The van der Waals surface area contributed by atoms with Gasteiger partial charge in [-0.2, -0.15) is 0 Å². The summed E-state index contributed by atoms with van der Waals surface area (Å²) in [5, 5.41) is 19.0. The number of phenols is 2. The molecule has 23 heavy (non-hydrogen) atoms. The predicted molar refractivity (Wildman–Crippen MR) is 91.0 cm³/mol. The van der Waals surface area contributed by atoms with E-state index in [0.29, 0.717) is 17.6 Å². The van der Waals surface area contributed by atoms with Crippen molar-refractivity contribution in [2.75, 3.05) is 0 Å². The molecule has 2 radical (unpaired) electrons. The molecule has 2 nitrogen and oxygen atoms in total. The third kappa shape index (κ3) is 4.24. The van der Waals surface area contributed by atoms with E-state index in [1.54, 1.807) is 13.0 Å². The van der Waals surface area contributed by atoms with Crippen LogP contribution in [0.3, 0.4) is 0 Å². The maximum absolute atomic E-state index is 13.8. The Morgan fingerprint density at radius 3 is 2.35 bits per heavy atom. The van der Waals surface area contributed by atoms with E-state index in [0.717, 1.165) is 0 Å². The molecule has 1 aromatic rings. The average Bonchev–Trinajstić information content (AvgIpc) is 2.53. The van der Waals surface area contributed by atoms with E-state index in [2.05, 4.69) is 6.58 Å². The van der Waals surface area contributed by atoms with Gasteiger partial charge in [-0.3, -0.25) is 0 Å². The smallest absolute Gasteiger partial charge is 0.264 e. The van der Waals surface area contributed by atoms with Crippen molar-refractivity contribution in [3.63, 3.8) is 0 Å². The topological polar surface area (TPSA) is 40.5 Å². The van der Waals surface area contributed by atoms with Gasteiger partial charge in [0.2, 0.25) is 0 Å². The summed E-state index contributed by atoms with van der Waals surface area (Å²) in [5.41, 5.74) is 0.907. The number of phenolic OH excluding ortho intramolecular Hbond substituents is 2. The molecule has 2 N–H and O–H groups in total. The van der Waals surface area contributed by atoms with Crippen LogP contribution in [0, 0.1) is 5.92 Å². The molecule has 1 unspecified atom stereocenters. The quantitative estimate of drug-likeness (QED) is 0.428. The van der Waals surface area contributed by atoms with E-state index in [9.17, 15) is 19.0 Å². The van der Waals surface area contributed by atoms with Crippen LogP contribution in [-0.2, 0) is 0 Å². The normalized spacial score (nSPS) is 14.6. The van der Waals surface area contributed by atoms with Crippen LogP contribution in [0.4, 0.5) is 8.78 Å². The number of hydrogen-bond acceptors (Lipinski definition) is 2. The second-order valence-electron chi connectivity index (χ2n) is 5.12. The molecular formula is C18H21BF2O2. The van der Waals surface area contributed by atoms with Crippen LogP contribution in [0.2, 0.25) is 6.32 Å². The van der Waals surface area contributed by atoms with E-state index < -0.39 is 6.43 Å². The Labute approximate surface area is 137 Å². The van der Waals surface area contributed by atoms with Gasteiger partial charge >= 0.3 is 0 Å². The fraction of sp³-hybridized carbons (Fsp3) is 0.333. The van der Waals surface area contributed by atoms with E-state index >= 15 is 0 Å². The van der Waals surface area contributed by atoms with Crippen molar-refractivity contribution in [1.29, 1.82) is 0 Å². The van der Waals surface area contributed by atoms with Gasteiger partial charge in [0, 0.05) is 5.57 Å². The van der Waals surface area contributed by atoms with Crippen LogP contribution >= 0.6 is 0 Å². The fourth-order valence-electron chi connectivity index (χ4n) is 2.60. The Balaban J connectivity index is 3.61. The van der Waals surface area contributed by atoms with Gasteiger partial charge in [0.05, 0.1) is 7.85 Å². The molecule has 0 saturated carbocycles. The molecule has 5 heteroatoms. The Kier molecular flexibility index (Phi) is 7.08. The molecule has 1 rings (SSSR count). The lowest BCUT2D eigenvalue weighted by Gasteiger charge is -2.23. The lowest BCUT2D eigenvalue weighted by molar-refractivity contribution is 0.191. The van der Waals surface area contributed by atoms with E-state index in [1.165, 1.54) is 24.3 Å². The van der Waals surface area contributed by atoms with Crippen molar-refractivity contribution in [1.82, 2.24) is 0 Å². The molecule has 0 spiro atoms. The Morgan fingerprint density at radius 1 is 1.30 bits per heavy atom. The summed E-state index contributed by atoms with van der Waals surface area (Å²) in [6, 6.07) is 3.96. The van der Waals surface area contributed by atoms with Gasteiger partial charge in [-0.1, -0.05) is 38.0 Å². The average molecular weight is 318 g/mol. The zero-order chi connectivity index (χ0) is 17.6. The number of benzene rings is 1. The highest BCUT2D eigenvalue weighted by Crippen LogP contribution is 2.37. The lowest BCUT2D eigenvalue weighted by atomic mass is 9.78. The molecule has 0 saturated heterocycles. The van der Waals surface area contributed by atoms with E-state index in [4.69, 9.17) is 7.85 Å². The number of hydrogen-bond donors (Lipinski definition) is 2. The molecule has 0 bridgehead atoms. The van der Waals surface area contributed by atoms with Gasteiger partial charge in [0.15, 0.2) is 11.5 Å². The van der Waals surface area contributed by atoms with Crippen molar-refractivity contribution in [2.24, 2.45) is 5.92 Å². The summed E-state index contributed by atoms with van der Waals surface area (Å²) in [6.07, 6.45) is 1.16. The molecule has 0 heterocycles. The molecule has 0 fully saturated rings. The van der Waals surface area contributed by atoms with Crippen molar-refractivity contribution in [2.45, 2.75) is 33.0 Å². The van der Waals surface area contributed by atoms with Gasteiger partial charge in [-0.25, -0.2) is 8.78 Å². The maximum atomic E-state index is 13.8. The Bertz CT molecular complexity index is 617. The molecular weight excluding hydrogens is 297 g/mol. The van der Waals surface area contributed by atoms with Crippen LogP contribution in [0.15, 0.2) is 48.1 Å². The van der Waals surface area contributed by atoms with Crippen LogP contribution in [0.25, 0.3) is 5.57 Å². The molecule has 0 amide bonds. The first-order chi connectivity index (χ1) is 10.9. The second-order valence-corrected chi connectivity index (χ2v) is 5.12. The van der Waals surface area contributed by atoms with Crippen molar-refractivity contribution < 1.29 is 19.0 Å². The van der Waals surface area contributed by atoms with Crippen LogP contribution < -0.4 is 0 Å². The molecule has 0 aliphatic carbocycles. The van der Waals surface area contributed by atoms with Crippen molar-refractivity contribution in [3.8, 4) is 11.5 Å². The zero-order valence-electron chi connectivity index (χ0n) is 13.4. The van der Waals surface area contributed by atoms with Crippen molar-refractivity contribution >= 4 is 13.4 Å². The van der Waals surface area contributed by atoms with E-state index in [-0.39, 0.29) is 34.9 Å². The second kappa shape index (κ2) is 8.56. The zero-order valence-corrected chi connectivity index (χ0v) is 13.4. The first-order valence-corrected chi connectivity index (χ1v) is 7.44. The van der Waals surface area contributed by atoms with Crippen LogP contribution in [-0.4, -0.2) is 24.5 Å². The van der Waals surface area contributed by atoms with Gasteiger partial charge in [-0.15, -0.1) is 0 Å². The number of halogens is 2. The van der Waals surface area contributed by atoms with Gasteiger partial charge in [-0.05, 0) is 48.1 Å². The third-order valence-electron chi connectivity index (χ3n) is 3.84. The van der Waals surface area contributed by atoms with Gasteiger partial charge in [0.25, 0.3) is 6.43 Å². The predicted octanol–water partition coefficient (Wildman–Crippen LogP) is 4.86. The third-order valence-corrected chi connectivity index (χ3v) is 3.84. The lowest BCUT2D eigenvalue weighted by Crippen LogP contribution is -2.12. The van der Waals surface area contributed by atoms with Crippen molar-refractivity contribution in [3.05, 3.63) is 53.6 Å². The summed E-state index contributed by atoms with van der Waals surface area (Å²) < 4.78 is 27.5. The summed E-state index contributed by atoms with van der Waals surface area (Å²) in [4.78, 5) is 0. The summed E-state index contributed by atoms with van der Waals surface area (Å²) in [7, 11) is 5.71. The number of aromatic hydroxyl groups is 2. The maximum Gasteiger partial charge on any atom is 0.264 e. The summed E-state index contributed by atoms with van der Waals surface area (Å²) >= 11 is 0. The standard InChI is InChI=1S/C18H21BF2O2/c1-4-11(10-19)13(5-2)17(18(20)21)14(6-3)12-7-8-15(22)16(23)9-12/h5-9,11,18,22-23H,3-4,10H2,1-2H3/b13-5-,17-14-. The van der Waals surface area contributed by atoms with Crippen LogP contribution in [0.5, 0.6) is 11.5 Å². The SMILES string of the molecule is [B]CC(CC)C(=C/C)/C(=C(\C=C)c1ccc(O)c(O)c1)C(F)F. The highest BCUT2D eigenvalue weighted by Gasteiger charge is 2.24. The molecule has 1 atom stereocenters. The first kappa shape index (κ1) is 19.0. The number of alkyl halides is 2. The Hall–Kier alpha value is -2.04. The highest BCUT2D eigenvalue weighted by molar-refractivity contribution is 6.09. The largest absolute Gasteiger partial charge is 0.504 e. The minimum absolute atomic E-state index is 0.148. The molecule has 0 aromatic heterocycles. The fourth-order valence-corrected chi connectivity index (χ4v) is 2.60. The highest BCUT2D eigenvalue weighted by atomic mass is 19.3. The van der Waals surface area contributed by atoms with Crippen LogP contribution in [0.1, 0.15) is 25.8 Å².